The number of nitrogens with zero attached hydrogens (tertiary/aromatic N) is 2. The number of ether oxygens (including phenoxy) is 1. The lowest BCUT2D eigenvalue weighted by molar-refractivity contribution is -0.274. The molecule has 27 heavy (non-hydrogen) atoms. The Labute approximate surface area is 152 Å². The van der Waals surface area contributed by atoms with Crippen LogP contribution in [0.25, 0.3) is 22.0 Å². The summed E-state index contributed by atoms with van der Waals surface area (Å²) in [6, 6.07) is 15.4. The summed E-state index contributed by atoms with van der Waals surface area (Å²) in [7, 11) is 0. The molecule has 0 aliphatic carbocycles. The van der Waals surface area contributed by atoms with Gasteiger partial charge in [-0.05, 0) is 29.8 Å². The zero-order valence-electron chi connectivity index (χ0n) is 14.0. The molecule has 0 saturated heterocycles. The van der Waals surface area contributed by atoms with E-state index in [1.807, 2.05) is 24.3 Å². The van der Waals surface area contributed by atoms with Crippen LogP contribution in [0.5, 0.6) is 5.75 Å². The van der Waals surface area contributed by atoms with Crippen LogP contribution in [0.2, 0.25) is 0 Å². The summed E-state index contributed by atoms with van der Waals surface area (Å²) in [5.74, 6) is 0.464. The van der Waals surface area contributed by atoms with E-state index in [-0.39, 0.29) is 5.75 Å². The molecule has 0 aliphatic rings. The van der Waals surface area contributed by atoms with E-state index < -0.39 is 6.36 Å². The molecule has 136 valence electrons. The Morgan fingerprint density at radius 2 is 1.67 bits per heavy atom. The van der Waals surface area contributed by atoms with Gasteiger partial charge in [0.25, 0.3) is 0 Å². The Hall–Kier alpha value is -3.35. The van der Waals surface area contributed by atoms with Crippen molar-refractivity contribution in [3.05, 3.63) is 78.5 Å². The highest BCUT2D eigenvalue weighted by Crippen LogP contribution is 2.31. The van der Waals surface area contributed by atoms with Crippen LogP contribution in [0.4, 0.5) is 13.2 Å². The number of aromatic amines is 1. The van der Waals surface area contributed by atoms with Gasteiger partial charge in [-0.25, -0.2) is 9.97 Å². The minimum atomic E-state index is -4.70. The minimum Gasteiger partial charge on any atom is -0.406 e. The standard InChI is InChI=1S/C20H14F3N3O/c21-20(22,23)27-16-7-5-13(6-8-16)17-4-1-3-14-11-15(26-19(14)17)12-18-24-9-2-10-25-18/h1-11,26H,12H2. The van der Waals surface area contributed by atoms with Crippen LogP contribution < -0.4 is 4.74 Å². The highest BCUT2D eigenvalue weighted by Gasteiger charge is 2.31. The Balaban J connectivity index is 1.66. The van der Waals surface area contributed by atoms with Crippen molar-refractivity contribution in [2.75, 3.05) is 0 Å². The first-order valence-electron chi connectivity index (χ1n) is 8.21. The Morgan fingerprint density at radius 1 is 0.926 bits per heavy atom. The number of aromatic nitrogens is 3. The van der Waals surface area contributed by atoms with E-state index in [2.05, 4.69) is 19.7 Å². The number of halogens is 3. The van der Waals surface area contributed by atoms with Crippen molar-refractivity contribution in [2.45, 2.75) is 12.8 Å². The van der Waals surface area contributed by atoms with Gasteiger partial charge in [0.05, 0.1) is 5.52 Å². The number of hydrogen-bond acceptors (Lipinski definition) is 3. The molecule has 0 atom stereocenters. The van der Waals surface area contributed by atoms with Crippen LogP contribution in [-0.4, -0.2) is 21.3 Å². The quantitative estimate of drug-likeness (QED) is 0.544. The van der Waals surface area contributed by atoms with E-state index in [4.69, 9.17) is 0 Å². The zero-order valence-corrected chi connectivity index (χ0v) is 14.0. The van der Waals surface area contributed by atoms with Gasteiger partial charge >= 0.3 is 6.36 Å². The average Bonchev–Trinajstić information content (AvgIpc) is 3.04. The van der Waals surface area contributed by atoms with E-state index in [1.165, 1.54) is 12.1 Å². The molecule has 2 aromatic heterocycles. The van der Waals surface area contributed by atoms with Crippen molar-refractivity contribution in [2.24, 2.45) is 0 Å². The molecule has 0 fully saturated rings. The number of fused-ring (bicyclic) bond motifs is 1. The average molecular weight is 369 g/mol. The first-order chi connectivity index (χ1) is 13.0. The number of hydrogen-bond donors (Lipinski definition) is 1. The summed E-state index contributed by atoms with van der Waals surface area (Å²) in [5, 5.41) is 1.01. The van der Waals surface area contributed by atoms with Gasteiger partial charge in [-0.1, -0.05) is 30.3 Å². The molecule has 0 amide bonds. The largest absolute Gasteiger partial charge is 0.573 e. The number of H-pyrrole nitrogens is 1. The lowest BCUT2D eigenvalue weighted by atomic mass is 10.0. The maximum atomic E-state index is 12.3. The molecule has 0 bridgehead atoms. The number of alkyl halides is 3. The third kappa shape index (κ3) is 3.92. The van der Waals surface area contributed by atoms with Crippen LogP contribution in [-0.2, 0) is 6.42 Å². The predicted octanol–water partition coefficient (Wildman–Crippen LogP) is 5.11. The van der Waals surface area contributed by atoms with Gasteiger partial charge in [-0.3, -0.25) is 0 Å². The molecule has 1 N–H and O–H groups in total. The fraction of sp³-hybridized carbons (Fsp3) is 0.100. The summed E-state index contributed by atoms with van der Waals surface area (Å²) < 4.78 is 40.9. The second kappa shape index (κ2) is 6.75. The molecule has 0 spiro atoms. The summed E-state index contributed by atoms with van der Waals surface area (Å²) in [5.41, 5.74) is 3.55. The van der Waals surface area contributed by atoms with E-state index in [0.29, 0.717) is 12.2 Å². The SMILES string of the molecule is FC(F)(F)Oc1ccc(-c2cccc3cc(Cc4ncccn4)[nH]c23)cc1. The van der Waals surface area contributed by atoms with Crippen molar-refractivity contribution in [3.63, 3.8) is 0 Å². The molecule has 4 rings (SSSR count). The Bertz CT molecular complexity index is 1060. The minimum absolute atomic E-state index is 0.244. The van der Waals surface area contributed by atoms with Gasteiger partial charge in [0.1, 0.15) is 11.6 Å². The van der Waals surface area contributed by atoms with Gasteiger partial charge in [-0.2, -0.15) is 0 Å². The molecular formula is C20H14F3N3O. The molecule has 0 saturated carbocycles. The predicted molar refractivity (Wildman–Crippen MR) is 95.3 cm³/mol. The van der Waals surface area contributed by atoms with Gasteiger partial charge in [0, 0.05) is 35.5 Å². The third-order valence-electron chi connectivity index (χ3n) is 4.08. The normalized spacial score (nSPS) is 11.7. The molecule has 0 unspecified atom stereocenters. The van der Waals surface area contributed by atoms with Crippen LogP contribution >= 0.6 is 0 Å². The maximum Gasteiger partial charge on any atom is 0.573 e. The smallest absolute Gasteiger partial charge is 0.406 e. The number of rotatable bonds is 4. The van der Waals surface area contributed by atoms with Crippen molar-refractivity contribution in [1.82, 2.24) is 15.0 Å². The van der Waals surface area contributed by atoms with Crippen LogP contribution in [0.3, 0.4) is 0 Å². The van der Waals surface area contributed by atoms with Gasteiger partial charge < -0.3 is 9.72 Å². The molecule has 0 aliphatic heterocycles. The summed E-state index contributed by atoms with van der Waals surface area (Å²) >= 11 is 0. The summed E-state index contributed by atoms with van der Waals surface area (Å²) in [6.45, 7) is 0. The van der Waals surface area contributed by atoms with Gasteiger partial charge in [-0.15, -0.1) is 13.2 Å². The molecule has 7 heteroatoms. The first kappa shape index (κ1) is 17.1. The van der Waals surface area contributed by atoms with E-state index in [0.717, 1.165) is 27.7 Å². The van der Waals surface area contributed by atoms with Crippen molar-refractivity contribution in [1.29, 1.82) is 0 Å². The van der Waals surface area contributed by atoms with Crippen LogP contribution in [0.15, 0.2) is 67.0 Å². The second-order valence-corrected chi connectivity index (χ2v) is 5.98. The Morgan fingerprint density at radius 3 is 2.37 bits per heavy atom. The second-order valence-electron chi connectivity index (χ2n) is 5.98. The Kier molecular flexibility index (Phi) is 4.27. The van der Waals surface area contributed by atoms with Crippen LogP contribution in [0, 0.1) is 0 Å². The molecule has 2 aromatic carbocycles. The molecule has 4 nitrogen and oxygen atoms in total. The van der Waals surface area contributed by atoms with Crippen molar-refractivity contribution < 1.29 is 17.9 Å². The lowest BCUT2D eigenvalue weighted by Gasteiger charge is -2.09. The fourth-order valence-corrected chi connectivity index (χ4v) is 2.98. The highest BCUT2D eigenvalue weighted by atomic mass is 19.4. The van der Waals surface area contributed by atoms with E-state index >= 15 is 0 Å². The topological polar surface area (TPSA) is 50.8 Å². The lowest BCUT2D eigenvalue weighted by Crippen LogP contribution is -2.16. The first-order valence-corrected chi connectivity index (χ1v) is 8.21. The van der Waals surface area contributed by atoms with E-state index in [1.54, 1.807) is 30.6 Å². The number of benzene rings is 2. The van der Waals surface area contributed by atoms with Gasteiger partial charge in [0.15, 0.2) is 0 Å². The molecule has 0 radical (unpaired) electrons. The van der Waals surface area contributed by atoms with E-state index in [9.17, 15) is 13.2 Å². The summed E-state index contributed by atoms with van der Waals surface area (Å²) in [6.07, 6.45) is -0.745. The zero-order chi connectivity index (χ0) is 18.9. The molecule has 4 aromatic rings. The fourth-order valence-electron chi connectivity index (χ4n) is 2.98. The number of nitrogens with one attached hydrogen (secondary N) is 1. The highest BCUT2D eigenvalue weighted by molar-refractivity contribution is 5.94. The number of para-hydroxylation sites is 1. The molecule has 2 heterocycles. The maximum absolute atomic E-state index is 12.3. The monoisotopic (exact) mass is 369 g/mol. The van der Waals surface area contributed by atoms with Crippen molar-refractivity contribution >= 4 is 10.9 Å². The van der Waals surface area contributed by atoms with Gasteiger partial charge in [0.2, 0.25) is 0 Å². The molecular weight excluding hydrogens is 355 g/mol. The van der Waals surface area contributed by atoms with Crippen molar-refractivity contribution in [3.8, 4) is 16.9 Å². The third-order valence-corrected chi connectivity index (χ3v) is 4.08. The summed E-state index contributed by atoms with van der Waals surface area (Å²) in [4.78, 5) is 11.8. The van der Waals surface area contributed by atoms with Crippen LogP contribution in [0.1, 0.15) is 11.5 Å².